The van der Waals surface area contributed by atoms with Crippen molar-refractivity contribution in [3.05, 3.63) is 115 Å². The van der Waals surface area contributed by atoms with Gasteiger partial charge in [0.2, 0.25) is 0 Å². The maximum absolute atomic E-state index is 5.62. The van der Waals surface area contributed by atoms with E-state index in [1.165, 1.54) is 15.4 Å². The third-order valence-corrected chi connectivity index (χ3v) is 9.38. The molecule has 1 aromatic carbocycles. The number of nitrogens with zero attached hydrogens (tertiary/aromatic N) is 4. The van der Waals surface area contributed by atoms with E-state index < -0.39 is 0 Å². The highest BCUT2D eigenvalue weighted by atomic mass is 32.2. The van der Waals surface area contributed by atoms with Crippen molar-refractivity contribution in [1.82, 2.24) is 19.9 Å². The summed E-state index contributed by atoms with van der Waals surface area (Å²) in [7, 11) is 0. The van der Waals surface area contributed by atoms with E-state index in [0.717, 1.165) is 22.8 Å². The average Bonchev–Trinajstić information content (AvgIpc) is 3.11. The summed E-state index contributed by atoms with van der Waals surface area (Å²) in [5, 5.41) is 1.88. The van der Waals surface area contributed by atoms with Gasteiger partial charge in [-0.15, -0.1) is 23.5 Å². The Bertz CT molecular complexity index is 1640. The molecule has 306 valence electrons. The van der Waals surface area contributed by atoms with Crippen LogP contribution in [0.15, 0.2) is 114 Å². The van der Waals surface area contributed by atoms with Gasteiger partial charge in [0.15, 0.2) is 0 Å². The lowest BCUT2D eigenvalue weighted by molar-refractivity contribution is 0.0657. The van der Waals surface area contributed by atoms with E-state index in [4.69, 9.17) is 32.4 Å². The summed E-state index contributed by atoms with van der Waals surface area (Å²) in [5.74, 6) is 3.59. The molecular weight excluding hydrogens is 757 g/mol. The second-order valence-corrected chi connectivity index (χ2v) is 18.4. The number of nitrogen functional groups attached to an aromatic ring is 4. The monoisotopic (exact) mass is 820 g/mol. The first-order valence-electron chi connectivity index (χ1n) is 18.6. The zero-order chi connectivity index (χ0) is 41.9. The van der Waals surface area contributed by atoms with Crippen molar-refractivity contribution in [2.75, 3.05) is 22.9 Å². The molecule has 8 N–H and O–H groups in total. The second-order valence-electron chi connectivity index (χ2n) is 13.6. The van der Waals surface area contributed by atoms with Gasteiger partial charge >= 0.3 is 0 Å². The van der Waals surface area contributed by atoms with E-state index in [9.17, 15) is 0 Å². The smallest absolute Gasteiger partial charge is 0.137 e. The van der Waals surface area contributed by atoms with Crippen molar-refractivity contribution in [2.24, 2.45) is 0 Å². The van der Waals surface area contributed by atoms with Crippen LogP contribution in [0, 0.1) is 0 Å². The molecule has 0 spiro atoms. The highest BCUT2D eigenvalue weighted by Gasteiger charge is 2.00. The van der Waals surface area contributed by atoms with Crippen LogP contribution in [0.25, 0.3) is 0 Å². The molecule has 56 heavy (non-hydrogen) atoms. The Morgan fingerprint density at radius 1 is 0.554 bits per heavy atom. The van der Waals surface area contributed by atoms with Gasteiger partial charge in [-0.3, -0.25) is 4.98 Å². The number of hydrogen-bond donors (Lipinski definition) is 4. The number of benzene rings is 1. The third kappa shape index (κ3) is 27.4. The third-order valence-electron chi connectivity index (χ3n) is 6.22. The molecule has 0 radical (unpaired) electrons. The number of rotatable bonds is 12. The first-order valence-corrected chi connectivity index (χ1v) is 21.4. The van der Waals surface area contributed by atoms with Gasteiger partial charge in [0.1, 0.15) is 23.2 Å². The molecule has 13 heteroatoms. The van der Waals surface area contributed by atoms with Crippen LogP contribution in [-0.2, 0) is 17.1 Å². The van der Waals surface area contributed by atoms with E-state index in [1.807, 2.05) is 118 Å². The van der Waals surface area contributed by atoms with E-state index in [1.54, 1.807) is 42.7 Å². The molecule has 4 aromatic heterocycles. The average molecular weight is 821 g/mol. The molecule has 10 nitrogen and oxygen atoms in total. The lowest BCUT2D eigenvalue weighted by Gasteiger charge is -2.07. The zero-order valence-electron chi connectivity index (χ0n) is 34.8. The molecule has 0 bridgehead atoms. The summed E-state index contributed by atoms with van der Waals surface area (Å²) >= 11 is 5.53. The van der Waals surface area contributed by atoms with Crippen molar-refractivity contribution in [1.29, 1.82) is 0 Å². The highest BCUT2D eigenvalue weighted by molar-refractivity contribution is 8.00. The molecule has 0 atom stereocenters. The molecule has 5 aromatic rings. The van der Waals surface area contributed by atoms with Gasteiger partial charge in [-0.1, -0.05) is 47.6 Å². The number of pyridine rings is 4. The van der Waals surface area contributed by atoms with Gasteiger partial charge in [-0.2, -0.15) is 11.8 Å². The van der Waals surface area contributed by atoms with Crippen LogP contribution >= 0.6 is 35.3 Å². The minimum atomic E-state index is 0.226. The first kappa shape index (κ1) is 49.8. The van der Waals surface area contributed by atoms with Crippen molar-refractivity contribution in [3.8, 4) is 5.75 Å². The summed E-state index contributed by atoms with van der Waals surface area (Å²) in [4.78, 5) is 18.1. The quantitative estimate of drug-likeness (QED) is 0.0692. The molecule has 0 aliphatic carbocycles. The van der Waals surface area contributed by atoms with Gasteiger partial charge in [0.25, 0.3) is 0 Å². The van der Waals surface area contributed by atoms with Gasteiger partial charge in [0, 0.05) is 56.5 Å². The molecule has 4 heterocycles. The number of aromatic nitrogens is 4. The number of anilines is 4. The van der Waals surface area contributed by atoms with Gasteiger partial charge in [0.05, 0.1) is 25.0 Å². The molecule has 5 rings (SSSR count). The van der Waals surface area contributed by atoms with Crippen LogP contribution in [0.4, 0.5) is 23.1 Å². The minimum Gasteiger partial charge on any atom is -0.489 e. The Morgan fingerprint density at radius 2 is 1.11 bits per heavy atom. The largest absolute Gasteiger partial charge is 0.489 e. The predicted octanol–water partition coefficient (Wildman–Crippen LogP) is 10.7. The van der Waals surface area contributed by atoms with E-state index in [2.05, 4.69) is 67.5 Å². The first-order chi connectivity index (χ1) is 26.5. The summed E-state index contributed by atoms with van der Waals surface area (Å²) in [6.45, 7) is 21.6. The Balaban J connectivity index is 0.000000350. The van der Waals surface area contributed by atoms with E-state index >= 15 is 0 Å². The summed E-state index contributed by atoms with van der Waals surface area (Å²) in [6.07, 6.45) is 9.09. The summed E-state index contributed by atoms with van der Waals surface area (Å²) in [6, 6.07) is 23.3. The fourth-order valence-corrected chi connectivity index (χ4v) is 6.50. The molecule has 0 saturated carbocycles. The number of nitrogens with two attached hydrogens (primary N) is 4. The second kappa shape index (κ2) is 29.1. The SMILES string of the molecule is CC(C)OCc1ccnc(N)c1.CC(C)Oc1cccnc1.CC(C)SCc1ccnc(N)c1.CC(C)Sc1cccc(N)c1.CC(C)Sc1ccnc(N)c1. The number of ether oxygens (including phenoxy) is 2. The molecule has 0 unspecified atom stereocenters. The Labute approximate surface area is 349 Å². The van der Waals surface area contributed by atoms with Crippen molar-refractivity contribution < 1.29 is 9.47 Å². The van der Waals surface area contributed by atoms with Crippen LogP contribution in [0.2, 0.25) is 0 Å². The standard InChI is InChI=1S/C9H14N2O.C9H14N2S.C9H13NS.C8H12N2S.C8H11NO/c2*1-7(2)12-6-8-3-4-11-9(10)5-8;1-7(2)11-9-5-3-4-8(10)6-9;1-6(2)11-7-3-4-10-8(9)5-7;1-7(2)10-8-4-3-5-9-6-8/h2*3-5,7H,6H2,1-2H3,(H2,10,11);3-7H,10H2,1-2H3;3-6H,1-2H3,(H2,9,10);3-7H,1-2H3. The topological polar surface area (TPSA) is 174 Å². The van der Waals surface area contributed by atoms with E-state index in [-0.39, 0.29) is 12.2 Å². The molecular formula is C43H64N8O2S3. The molecule has 0 aliphatic rings. The van der Waals surface area contributed by atoms with Crippen LogP contribution in [0.3, 0.4) is 0 Å². The Kier molecular flexibility index (Phi) is 25.9. The molecule has 0 aliphatic heterocycles. The molecule has 0 amide bonds. The fraction of sp³-hybridized carbons (Fsp3) is 0.395. The fourth-order valence-electron chi connectivity index (χ4n) is 4.02. The van der Waals surface area contributed by atoms with Crippen molar-refractivity contribution in [2.45, 2.75) is 119 Å². The zero-order valence-corrected chi connectivity index (χ0v) is 37.2. The predicted molar refractivity (Wildman–Crippen MR) is 245 cm³/mol. The Hall–Kier alpha value is -4.17. The molecule has 0 saturated heterocycles. The van der Waals surface area contributed by atoms with Crippen LogP contribution in [0.1, 0.15) is 80.4 Å². The molecule has 0 fully saturated rings. The minimum absolute atomic E-state index is 0.226. The van der Waals surface area contributed by atoms with Crippen LogP contribution in [-0.4, -0.2) is 47.9 Å². The summed E-state index contributed by atoms with van der Waals surface area (Å²) < 4.78 is 10.8. The van der Waals surface area contributed by atoms with Crippen molar-refractivity contribution >= 4 is 58.4 Å². The lowest BCUT2D eigenvalue weighted by atomic mass is 10.3. The normalized spacial score (nSPS) is 10.4. The van der Waals surface area contributed by atoms with E-state index in [0.29, 0.717) is 39.8 Å². The number of hydrogen-bond acceptors (Lipinski definition) is 13. The Morgan fingerprint density at radius 3 is 1.59 bits per heavy atom. The van der Waals surface area contributed by atoms with Gasteiger partial charge in [-0.25, -0.2) is 15.0 Å². The van der Waals surface area contributed by atoms with Gasteiger partial charge in [-0.05, 0) is 111 Å². The lowest BCUT2D eigenvalue weighted by Crippen LogP contribution is -2.05. The van der Waals surface area contributed by atoms with Crippen LogP contribution < -0.4 is 27.7 Å². The van der Waals surface area contributed by atoms with Crippen molar-refractivity contribution in [3.63, 3.8) is 0 Å². The van der Waals surface area contributed by atoms with Gasteiger partial charge < -0.3 is 32.4 Å². The van der Waals surface area contributed by atoms with Crippen LogP contribution in [0.5, 0.6) is 5.75 Å². The highest BCUT2D eigenvalue weighted by Crippen LogP contribution is 2.24. The maximum atomic E-state index is 5.62. The summed E-state index contributed by atoms with van der Waals surface area (Å²) in [5.41, 5.74) is 25.3. The maximum Gasteiger partial charge on any atom is 0.137 e. The number of thioether (sulfide) groups is 3.